The fourth-order valence-electron chi connectivity index (χ4n) is 3.08. The van der Waals surface area contributed by atoms with E-state index in [9.17, 15) is 4.79 Å². The molecule has 1 heterocycles. The zero-order valence-corrected chi connectivity index (χ0v) is 15.0. The third-order valence-corrected chi connectivity index (χ3v) is 4.49. The average molecular weight is 348 g/mol. The number of hydrogen-bond donors (Lipinski definition) is 1. The van der Waals surface area contributed by atoms with Crippen LogP contribution in [0.25, 0.3) is 10.9 Å². The van der Waals surface area contributed by atoms with Crippen LogP contribution in [-0.2, 0) is 16.0 Å². The standard InChI is InChI=1S/C22H24N2O2/c1-26-20(15-6-5-11-17-9-3-2-4-10-17)22(25)24-19-14-7-12-18-13-8-16-23-21(18)19/h2-4,7-10,12-14,16,20H,5-6,11,15H2,1H3,(H,24,25)/t20-/m0/s1. The number of aryl methyl sites for hydroxylation is 1. The Morgan fingerprint density at radius 2 is 1.85 bits per heavy atom. The summed E-state index contributed by atoms with van der Waals surface area (Å²) in [5.41, 5.74) is 2.84. The van der Waals surface area contributed by atoms with Gasteiger partial charge in [0.25, 0.3) is 5.91 Å². The van der Waals surface area contributed by atoms with Gasteiger partial charge in [-0.3, -0.25) is 9.78 Å². The number of amides is 1. The Hall–Kier alpha value is -2.72. The first-order valence-corrected chi connectivity index (χ1v) is 8.99. The number of rotatable bonds is 8. The van der Waals surface area contributed by atoms with Crippen LogP contribution in [0.3, 0.4) is 0 Å². The Labute approximate surface area is 154 Å². The second kappa shape index (κ2) is 9.11. The SMILES string of the molecule is CO[C@@H](CCCCc1ccccc1)C(=O)Nc1cccc2cccnc12. The lowest BCUT2D eigenvalue weighted by atomic mass is 10.0. The average Bonchev–Trinajstić information content (AvgIpc) is 2.69. The second-order valence-electron chi connectivity index (χ2n) is 6.33. The zero-order valence-electron chi connectivity index (χ0n) is 15.0. The van der Waals surface area contributed by atoms with Gasteiger partial charge in [0, 0.05) is 18.7 Å². The molecule has 0 aliphatic rings. The minimum absolute atomic E-state index is 0.120. The summed E-state index contributed by atoms with van der Waals surface area (Å²) in [6, 6.07) is 20.0. The molecule has 3 aromatic rings. The third-order valence-electron chi connectivity index (χ3n) is 4.49. The second-order valence-corrected chi connectivity index (χ2v) is 6.33. The van der Waals surface area contributed by atoms with Crippen molar-refractivity contribution in [1.82, 2.24) is 4.98 Å². The number of anilines is 1. The number of unbranched alkanes of at least 4 members (excludes halogenated alkanes) is 1. The minimum atomic E-state index is -0.454. The third kappa shape index (κ3) is 4.67. The summed E-state index contributed by atoms with van der Waals surface area (Å²) in [6.07, 6.45) is 4.97. The van der Waals surface area contributed by atoms with Crippen LogP contribution in [0.15, 0.2) is 66.9 Å². The van der Waals surface area contributed by atoms with Crippen molar-refractivity contribution in [3.05, 3.63) is 72.4 Å². The Morgan fingerprint density at radius 3 is 2.65 bits per heavy atom. The van der Waals surface area contributed by atoms with Crippen molar-refractivity contribution in [1.29, 1.82) is 0 Å². The number of pyridine rings is 1. The molecular weight excluding hydrogens is 324 g/mol. The van der Waals surface area contributed by atoms with Crippen molar-refractivity contribution < 1.29 is 9.53 Å². The summed E-state index contributed by atoms with van der Waals surface area (Å²) in [5.74, 6) is -0.120. The molecule has 3 rings (SSSR count). The molecule has 134 valence electrons. The first-order valence-electron chi connectivity index (χ1n) is 8.99. The number of methoxy groups -OCH3 is 1. The van der Waals surface area contributed by atoms with Gasteiger partial charge in [-0.25, -0.2) is 0 Å². The normalized spacial score (nSPS) is 12.0. The van der Waals surface area contributed by atoms with Crippen molar-refractivity contribution in [2.75, 3.05) is 12.4 Å². The molecule has 1 aromatic heterocycles. The molecule has 1 atom stereocenters. The number of nitrogens with one attached hydrogen (secondary N) is 1. The zero-order chi connectivity index (χ0) is 18.2. The summed E-state index contributed by atoms with van der Waals surface area (Å²) in [4.78, 5) is 17.0. The molecule has 0 spiro atoms. The maximum Gasteiger partial charge on any atom is 0.253 e. The van der Waals surface area contributed by atoms with E-state index >= 15 is 0 Å². The highest BCUT2D eigenvalue weighted by Gasteiger charge is 2.18. The predicted octanol–water partition coefficient (Wildman–Crippen LogP) is 4.60. The highest BCUT2D eigenvalue weighted by Crippen LogP contribution is 2.21. The number of nitrogens with zero attached hydrogens (tertiary/aromatic N) is 1. The first-order chi connectivity index (χ1) is 12.8. The van der Waals surface area contributed by atoms with E-state index in [1.807, 2.05) is 36.4 Å². The van der Waals surface area contributed by atoms with Gasteiger partial charge in [-0.2, -0.15) is 0 Å². The summed E-state index contributed by atoms with van der Waals surface area (Å²) >= 11 is 0. The molecule has 0 unspecified atom stereocenters. The van der Waals surface area contributed by atoms with Gasteiger partial charge < -0.3 is 10.1 Å². The molecule has 26 heavy (non-hydrogen) atoms. The molecule has 0 fully saturated rings. The topological polar surface area (TPSA) is 51.2 Å². The van der Waals surface area contributed by atoms with Gasteiger partial charge in [0.05, 0.1) is 11.2 Å². The number of carbonyl (C=O) groups excluding carboxylic acids is 1. The van der Waals surface area contributed by atoms with Crippen LogP contribution in [0, 0.1) is 0 Å². The number of ether oxygens (including phenoxy) is 1. The molecule has 0 radical (unpaired) electrons. The molecule has 4 nitrogen and oxygen atoms in total. The number of hydrogen-bond acceptors (Lipinski definition) is 3. The van der Waals surface area contributed by atoms with Gasteiger partial charge in [-0.1, -0.05) is 48.5 Å². The van der Waals surface area contributed by atoms with Gasteiger partial charge in [0.1, 0.15) is 6.10 Å². The van der Waals surface area contributed by atoms with Crippen molar-refractivity contribution in [2.45, 2.75) is 31.8 Å². The molecule has 0 aliphatic carbocycles. The summed E-state index contributed by atoms with van der Waals surface area (Å²) in [7, 11) is 1.59. The number of carbonyl (C=O) groups is 1. The van der Waals surface area contributed by atoms with Gasteiger partial charge in [0.2, 0.25) is 0 Å². The maximum absolute atomic E-state index is 12.6. The van der Waals surface area contributed by atoms with E-state index in [2.05, 4.69) is 34.6 Å². The molecule has 2 aromatic carbocycles. The van der Waals surface area contributed by atoms with Crippen LogP contribution in [0.1, 0.15) is 24.8 Å². The Balaban J connectivity index is 1.55. The van der Waals surface area contributed by atoms with Crippen molar-refractivity contribution in [2.24, 2.45) is 0 Å². The molecular formula is C22H24N2O2. The molecule has 0 saturated heterocycles. The largest absolute Gasteiger partial charge is 0.372 e. The number of benzene rings is 2. The number of para-hydroxylation sites is 1. The lowest BCUT2D eigenvalue weighted by Crippen LogP contribution is -2.29. The Morgan fingerprint density at radius 1 is 1.04 bits per heavy atom. The lowest BCUT2D eigenvalue weighted by Gasteiger charge is -2.16. The number of fused-ring (bicyclic) bond motifs is 1. The summed E-state index contributed by atoms with van der Waals surface area (Å²) in [5, 5.41) is 3.97. The van der Waals surface area contributed by atoms with Gasteiger partial charge >= 0.3 is 0 Å². The van der Waals surface area contributed by atoms with E-state index in [-0.39, 0.29) is 5.91 Å². The summed E-state index contributed by atoms with van der Waals surface area (Å²) < 4.78 is 5.42. The Bertz CT molecular complexity index is 844. The first kappa shape index (κ1) is 18.1. The van der Waals surface area contributed by atoms with E-state index in [4.69, 9.17) is 4.74 Å². The van der Waals surface area contributed by atoms with Crippen LogP contribution in [0.4, 0.5) is 5.69 Å². The van der Waals surface area contributed by atoms with Crippen LogP contribution < -0.4 is 5.32 Å². The van der Waals surface area contributed by atoms with Gasteiger partial charge in [-0.15, -0.1) is 0 Å². The smallest absolute Gasteiger partial charge is 0.253 e. The van der Waals surface area contributed by atoms with Crippen molar-refractivity contribution in [3.63, 3.8) is 0 Å². The molecule has 0 saturated carbocycles. The van der Waals surface area contributed by atoms with E-state index in [1.54, 1.807) is 13.3 Å². The fourth-order valence-corrected chi connectivity index (χ4v) is 3.08. The van der Waals surface area contributed by atoms with Crippen LogP contribution in [0.2, 0.25) is 0 Å². The van der Waals surface area contributed by atoms with Crippen molar-refractivity contribution in [3.8, 4) is 0 Å². The number of aromatic nitrogens is 1. The van der Waals surface area contributed by atoms with Crippen LogP contribution in [0.5, 0.6) is 0 Å². The van der Waals surface area contributed by atoms with Gasteiger partial charge in [0.15, 0.2) is 0 Å². The monoisotopic (exact) mass is 348 g/mol. The van der Waals surface area contributed by atoms with E-state index in [1.165, 1.54) is 5.56 Å². The predicted molar refractivity (Wildman–Crippen MR) is 105 cm³/mol. The molecule has 0 bridgehead atoms. The fraction of sp³-hybridized carbons (Fsp3) is 0.273. The van der Waals surface area contributed by atoms with E-state index in [0.29, 0.717) is 6.42 Å². The molecule has 1 amide bonds. The van der Waals surface area contributed by atoms with Crippen LogP contribution >= 0.6 is 0 Å². The highest BCUT2D eigenvalue weighted by atomic mass is 16.5. The van der Waals surface area contributed by atoms with E-state index < -0.39 is 6.10 Å². The molecule has 4 heteroatoms. The van der Waals surface area contributed by atoms with Crippen molar-refractivity contribution >= 4 is 22.5 Å². The maximum atomic E-state index is 12.6. The summed E-state index contributed by atoms with van der Waals surface area (Å²) in [6.45, 7) is 0. The van der Waals surface area contributed by atoms with Crippen LogP contribution in [-0.4, -0.2) is 24.1 Å². The minimum Gasteiger partial charge on any atom is -0.372 e. The lowest BCUT2D eigenvalue weighted by molar-refractivity contribution is -0.126. The highest BCUT2D eigenvalue weighted by molar-refractivity contribution is 6.01. The quantitative estimate of drug-likeness (QED) is 0.605. The molecule has 1 N–H and O–H groups in total. The Kier molecular flexibility index (Phi) is 6.34. The molecule has 0 aliphatic heterocycles. The van der Waals surface area contributed by atoms with Gasteiger partial charge in [-0.05, 0) is 43.4 Å². The van der Waals surface area contributed by atoms with E-state index in [0.717, 1.165) is 35.9 Å².